The lowest BCUT2D eigenvalue weighted by Crippen LogP contribution is -2.22. The average Bonchev–Trinajstić information content (AvgIpc) is 3.12. The fourth-order valence-electron chi connectivity index (χ4n) is 2.02. The smallest absolute Gasteiger partial charge is 0.293 e. The number of carbonyl (C=O) groups excluding carboxylic acids is 1. The van der Waals surface area contributed by atoms with Crippen molar-refractivity contribution in [2.75, 3.05) is 12.1 Å². The molecule has 112 valence electrons. The zero-order valence-electron chi connectivity index (χ0n) is 11.8. The standard InChI is InChI=1S/C13H12N6O3/c1-7-9(5-8-3-4-10(20)11(6-8)22-2)12(21)19(16-7)13-14-17-18-15-13/h3-6,20H,1-2H3,(H,14,15,17,18)/b9-5+. The number of aromatic amines is 1. The summed E-state index contributed by atoms with van der Waals surface area (Å²) in [5, 5.41) is 27.9. The van der Waals surface area contributed by atoms with Crippen LogP contribution in [0.2, 0.25) is 0 Å². The first-order valence-corrected chi connectivity index (χ1v) is 6.32. The summed E-state index contributed by atoms with van der Waals surface area (Å²) in [6.45, 7) is 1.71. The Labute approximate surface area is 124 Å². The van der Waals surface area contributed by atoms with E-state index in [-0.39, 0.29) is 17.6 Å². The molecule has 1 aliphatic rings. The maximum atomic E-state index is 12.4. The van der Waals surface area contributed by atoms with Gasteiger partial charge in [0, 0.05) is 0 Å². The fourth-order valence-corrected chi connectivity index (χ4v) is 2.02. The highest BCUT2D eigenvalue weighted by Gasteiger charge is 2.31. The zero-order valence-corrected chi connectivity index (χ0v) is 11.8. The van der Waals surface area contributed by atoms with Gasteiger partial charge in [-0.3, -0.25) is 4.79 Å². The third-order valence-corrected chi connectivity index (χ3v) is 3.10. The van der Waals surface area contributed by atoms with Crippen LogP contribution in [0.3, 0.4) is 0 Å². The van der Waals surface area contributed by atoms with Crippen molar-refractivity contribution < 1.29 is 14.6 Å². The van der Waals surface area contributed by atoms with Gasteiger partial charge in [-0.25, -0.2) is 0 Å². The molecule has 9 heteroatoms. The van der Waals surface area contributed by atoms with E-state index in [9.17, 15) is 9.90 Å². The lowest BCUT2D eigenvalue weighted by molar-refractivity contribution is -0.114. The van der Waals surface area contributed by atoms with Crippen molar-refractivity contribution in [1.29, 1.82) is 0 Å². The van der Waals surface area contributed by atoms with Gasteiger partial charge in [-0.05, 0) is 35.9 Å². The number of carbonyl (C=O) groups is 1. The highest BCUT2D eigenvalue weighted by Crippen LogP contribution is 2.28. The van der Waals surface area contributed by atoms with E-state index in [1.165, 1.54) is 13.2 Å². The number of nitrogens with one attached hydrogen (secondary N) is 1. The van der Waals surface area contributed by atoms with Crippen molar-refractivity contribution >= 4 is 23.6 Å². The highest BCUT2D eigenvalue weighted by molar-refractivity contribution is 6.31. The number of amides is 1. The van der Waals surface area contributed by atoms with E-state index in [1.54, 1.807) is 25.1 Å². The van der Waals surface area contributed by atoms with E-state index in [2.05, 4.69) is 25.7 Å². The average molecular weight is 300 g/mol. The summed E-state index contributed by atoms with van der Waals surface area (Å²) >= 11 is 0. The molecule has 0 aliphatic carbocycles. The molecule has 0 fully saturated rings. The van der Waals surface area contributed by atoms with E-state index in [1.807, 2.05) is 0 Å². The van der Waals surface area contributed by atoms with Crippen LogP contribution in [0.1, 0.15) is 12.5 Å². The van der Waals surface area contributed by atoms with Gasteiger partial charge >= 0.3 is 0 Å². The van der Waals surface area contributed by atoms with Crippen LogP contribution in [0.25, 0.3) is 6.08 Å². The van der Waals surface area contributed by atoms with Gasteiger partial charge in [0.25, 0.3) is 11.9 Å². The number of H-pyrrole nitrogens is 1. The number of anilines is 1. The first-order valence-electron chi connectivity index (χ1n) is 6.32. The lowest BCUT2D eigenvalue weighted by Gasteiger charge is -2.06. The molecular weight excluding hydrogens is 288 g/mol. The van der Waals surface area contributed by atoms with E-state index in [0.29, 0.717) is 22.6 Å². The summed E-state index contributed by atoms with van der Waals surface area (Å²) in [6.07, 6.45) is 1.66. The molecule has 0 spiro atoms. The number of hydrogen-bond acceptors (Lipinski definition) is 7. The van der Waals surface area contributed by atoms with Crippen LogP contribution in [0.4, 0.5) is 5.95 Å². The van der Waals surface area contributed by atoms with Gasteiger partial charge < -0.3 is 9.84 Å². The third kappa shape index (κ3) is 2.28. The molecule has 0 bridgehead atoms. The van der Waals surface area contributed by atoms with E-state index < -0.39 is 0 Å². The van der Waals surface area contributed by atoms with Crippen molar-refractivity contribution in [1.82, 2.24) is 20.6 Å². The Morgan fingerprint density at radius 2 is 2.23 bits per heavy atom. The van der Waals surface area contributed by atoms with Gasteiger partial charge in [0.15, 0.2) is 11.5 Å². The number of ether oxygens (including phenoxy) is 1. The molecule has 1 aromatic heterocycles. The summed E-state index contributed by atoms with van der Waals surface area (Å²) < 4.78 is 5.05. The number of aromatic nitrogens is 4. The Kier molecular flexibility index (Phi) is 3.30. The Balaban J connectivity index is 1.95. The van der Waals surface area contributed by atoms with Crippen LogP contribution in [-0.2, 0) is 4.79 Å². The largest absolute Gasteiger partial charge is 0.504 e. The Morgan fingerprint density at radius 3 is 2.91 bits per heavy atom. The quantitative estimate of drug-likeness (QED) is 0.807. The van der Waals surface area contributed by atoms with Crippen molar-refractivity contribution in [2.45, 2.75) is 6.92 Å². The van der Waals surface area contributed by atoms with E-state index in [0.717, 1.165) is 5.01 Å². The summed E-state index contributed by atoms with van der Waals surface area (Å²) in [5.41, 5.74) is 1.63. The minimum absolute atomic E-state index is 0.0289. The molecule has 0 unspecified atom stereocenters. The Bertz CT molecular complexity index is 781. The fraction of sp³-hybridized carbons (Fsp3) is 0.154. The number of methoxy groups -OCH3 is 1. The SMILES string of the molecule is COc1cc(/C=C2/C(=O)N(c3nn[nH]n3)N=C2C)ccc1O. The van der Waals surface area contributed by atoms with Crippen LogP contribution >= 0.6 is 0 Å². The summed E-state index contributed by atoms with van der Waals surface area (Å²) in [6, 6.07) is 4.79. The van der Waals surface area contributed by atoms with Gasteiger partial charge in [0.1, 0.15) is 0 Å². The van der Waals surface area contributed by atoms with Crippen LogP contribution in [0, 0.1) is 0 Å². The summed E-state index contributed by atoms with van der Waals surface area (Å²) in [7, 11) is 1.46. The van der Waals surface area contributed by atoms with Gasteiger partial charge in [-0.2, -0.15) is 15.3 Å². The van der Waals surface area contributed by atoms with Gasteiger partial charge in [-0.15, -0.1) is 5.10 Å². The summed E-state index contributed by atoms with van der Waals surface area (Å²) in [4.78, 5) is 12.4. The molecule has 22 heavy (non-hydrogen) atoms. The third-order valence-electron chi connectivity index (χ3n) is 3.10. The molecular formula is C13H12N6O3. The number of hydrogen-bond donors (Lipinski definition) is 2. The first kappa shape index (κ1) is 13.7. The van der Waals surface area contributed by atoms with Gasteiger partial charge in [-0.1, -0.05) is 11.2 Å². The van der Waals surface area contributed by atoms with Crippen molar-refractivity contribution in [3.8, 4) is 11.5 Å². The predicted octanol–water partition coefficient (Wildman–Crippen LogP) is 0.720. The van der Waals surface area contributed by atoms with E-state index in [4.69, 9.17) is 4.74 Å². The van der Waals surface area contributed by atoms with Crippen LogP contribution < -0.4 is 9.75 Å². The molecule has 0 atom stereocenters. The molecule has 0 saturated heterocycles. The number of benzene rings is 1. The molecule has 3 rings (SSSR count). The second kappa shape index (κ2) is 5.28. The number of rotatable bonds is 3. The van der Waals surface area contributed by atoms with Crippen molar-refractivity contribution in [2.24, 2.45) is 5.10 Å². The lowest BCUT2D eigenvalue weighted by atomic mass is 10.1. The number of phenols is 1. The normalized spacial score (nSPS) is 16.3. The highest BCUT2D eigenvalue weighted by atomic mass is 16.5. The maximum Gasteiger partial charge on any atom is 0.293 e. The molecule has 0 radical (unpaired) electrons. The van der Waals surface area contributed by atoms with Gasteiger partial charge in [0.2, 0.25) is 0 Å². The predicted molar refractivity (Wildman–Crippen MR) is 77.4 cm³/mol. The van der Waals surface area contributed by atoms with E-state index >= 15 is 0 Å². The Hall–Kier alpha value is -3.23. The zero-order chi connectivity index (χ0) is 15.7. The minimum atomic E-state index is -0.356. The molecule has 2 heterocycles. The first-order chi connectivity index (χ1) is 10.6. The van der Waals surface area contributed by atoms with Crippen LogP contribution in [-0.4, -0.2) is 44.5 Å². The van der Waals surface area contributed by atoms with Crippen LogP contribution in [0.15, 0.2) is 28.9 Å². The number of nitrogens with zero attached hydrogens (tertiary/aromatic N) is 5. The Morgan fingerprint density at radius 1 is 1.41 bits per heavy atom. The van der Waals surface area contributed by atoms with Gasteiger partial charge in [0.05, 0.1) is 18.4 Å². The number of tetrazole rings is 1. The molecule has 1 aromatic carbocycles. The van der Waals surface area contributed by atoms with Crippen molar-refractivity contribution in [3.05, 3.63) is 29.3 Å². The molecule has 2 aromatic rings. The number of aromatic hydroxyl groups is 1. The molecule has 0 saturated carbocycles. The molecule has 9 nitrogen and oxygen atoms in total. The molecule has 1 aliphatic heterocycles. The van der Waals surface area contributed by atoms with Crippen LogP contribution in [0.5, 0.6) is 11.5 Å². The molecule has 1 amide bonds. The minimum Gasteiger partial charge on any atom is -0.504 e. The second-order valence-corrected chi connectivity index (χ2v) is 4.50. The monoisotopic (exact) mass is 300 g/mol. The maximum absolute atomic E-state index is 12.4. The topological polar surface area (TPSA) is 117 Å². The summed E-state index contributed by atoms with van der Waals surface area (Å²) in [5.74, 6) is 0.0765. The number of hydrazone groups is 1. The van der Waals surface area contributed by atoms with Crippen molar-refractivity contribution in [3.63, 3.8) is 0 Å². The molecule has 2 N–H and O–H groups in total. The number of phenolic OH excluding ortho intramolecular Hbond substituents is 1. The second-order valence-electron chi connectivity index (χ2n) is 4.50.